The normalized spacial score (nSPS) is 20.4. The molecule has 96 heavy (non-hydrogen) atoms. The number of hydrogen-bond donors (Lipinski definition) is 12. The topological polar surface area (TPSA) is 362 Å². The van der Waals surface area contributed by atoms with Crippen molar-refractivity contribution >= 4 is 107 Å². The van der Waals surface area contributed by atoms with Gasteiger partial charge in [0.05, 0.1) is 25.2 Å². The molecule has 0 saturated carbocycles. The van der Waals surface area contributed by atoms with Gasteiger partial charge in [-0.05, 0) is 89.9 Å². The lowest BCUT2D eigenvalue weighted by Crippen LogP contribution is -2.62. The number of hydrogen-bond acceptors (Lipinski definition) is 14. The third-order valence-corrected chi connectivity index (χ3v) is 19.2. The Kier molecular flexibility index (Phi) is 25.6. The van der Waals surface area contributed by atoms with Crippen LogP contribution in [0.2, 0.25) is 0 Å². The van der Waals surface area contributed by atoms with Gasteiger partial charge in [0.25, 0.3) is 0 Å². The number of aromatic amines is 2. The summed E-state index contributed by atoms with van der Waals surface area (Å²) in [5.74, 6) is -6.56. The van der Waals surface area contributed by atoms with E-state index in [-0.39, 0.29) is 69.7 Å². The third-order valence-electron chi connectivity index (χ3n) is 16.8. The van der Waals surface area contributed by atoms with Crippen LogP contribution in [0.3, 0.4) is 0 Å². The fourth-order valence-electron chi connectivity index (χ4n) is 11.8. The Morgan fingerprint density at radius 1 is 0.552 bits per heavy atom. The number of carbonyl (C=O) groups is 9. The third kappa shape index (κ3) is 19.8. The molecule has 1 saturated heterocycles. The van der Waals surface area contributed by atoms with Crippen molar-refractivity contribution in [2.45, 2.75) is 107 Å². The monoisotopic (exact) mass is 1340 g/mol. The van der Waals surface area contributed by atoms with E-state index in [0.29, 0.717) is 35.1 Å². The van der Waals surface area contributed by atoms with Crippen molar-refractivity contribution in [3.63, 3.8) is 0 Å². The van der Waals surface area contributed by atoms with Crippen LogP contribution in [0.15, 0.2) is 164 Å². The summed E-state index contributed by atoms with van der Waals surface area (Å²) in [5, 5.41) is 31.7. The summed E-state index contributed by atoms with van der Waals surface area (Å²) in [7, 11) is 2.63. The van der Waals surface area contributed by atoms with E-state index in [1.807, 2.05) is 91.0 Å². The molecule has 2 aromatic heterocycles. The predicted octanol–water partition coefficient (Wildman–Crippen LogP) is 3.60. The van der Waals surface area contributed by atoms with Crippen LogP contribution in [0.4, 0.5) is 0 Å². The zero-order chi connectivity index (χ0) is 68.1. The molecular weight excluding hydrogens is 1260 g/mol. The van der Waals surface area contributed by atoms with Gasteiger partial charge >= 0.3 is 0 Å². The first-order chi connectivity index (χ1) is 46.4. The van der Waals surface area contributed by atoms with Gasteiger partial charge in [-0.3, -0.25) is 43.2 Å². The molecule has 0 unspecified atom stereocenters. The number of unbranched alkanes of at least 4 members (excludes halogenated alkanes) is 1. The number of aromatic nitrogens is 2. The predicted molar refractivity (Wildman–Crippen MR) is 373 cm³/mol. The Bertz CT molecular complexity index is 4000. The number of H-pyrrole nitrogens is 2. The molecule has 504 valence electrons. The molecule has 0 aliphatic carbocycles. The lowest BCUT2D eigenvalue weighted by Gasteiger charge is -2.30. The van der Waals surface area contributed by atoms with Crippen LogP contribution in [-0.4, -0.2) is 171 Å². The number of primary amides is 1. The van der Waals surface area contributed by atoms with Crippen LogP contribution < -0.4 is 49.1 Å². The molecule has 25 heteroatoms. The Balaban J connectivity index is 1.09. The van der Waals surface area contributed by atoms with Crippen molar-refractivity contribution in [3.8, 4) is 0 Å². The molecule has 1 aliphatic rings. The highest BCUT2D eigenvalue weighted by Gasteiger charge is 2.37. The second kappa shape index (κ2) is 34.8. The molecule has 0 radical (unpaired) electrons. The average molecular weight is 1340 g/mol. The minimum atomic E-state index is -1.70. The first-order valence-corrected chi connectivity index (χ1v) is 34.6. The molecule has 1 fully saturated rings. The minimum absolute atomic E-state index is 0.00437. The van der Waals surface area contributed by atoms with E-state index in [1.54, 1.807) is 73.1 Å². The van der Waals surface area contributed by atoms with Gasteiger partial charge in [0.1, 0.15) is 36.3 Å². The lowest BCUT2D eigenvalue weighted by atomic mass is 10.00. The number of fused-ring (bicyclic) bond motifs is 3. The summed E-state index contributed by atoms with van der Waals surface area (Å²) in [6.07, 6.45) is 2.33. The minimum Gasteiger partial charge on any atom is -0.391 e. The highest BCUT2D eigenvalue weighted by atomic mass is 33.1. The zero-order valence-electron chi connectivity index (χ0n) is 53.4. The first-order valence-electron chi connectivity index (χ1n) is 32.1. The number of amides is 9. The van der Waals surface area contributed by atoms with Crippen molar-refractivity contribution in [3.05, 3.63) is 192 Å². The van der Waals surface area contributed by atoms with E-state index >= 15 is 14.4 Å². The summed E-state index contributed by atoms with van der Waals surface area (Å²) in [4.78, 5) is 141. The van der Waals surface area contributed by atoms with Gasteiger partial charge in [-0.2, -0.15) is 0 Å². The Morgan fingerprint density at radius 2 is 1.05 bits per heavy atom. The van der Waals surface area contributed by atoms with Crippen molar-refractivity contribution in [2.75, 3.05) is 44.2 Å². The van der Waals surface area contributed by atoms with Gasteiger partial charge in [0.2, 0.25) is 53.2 Å². The van der Waals surface area contributed by atoms with Crippen LogP contribution in [-0.2, 0) is 75.3 Å². The molecule has 9 amide bonds. The summed E-state index contributed by atoms with van der Waals surface area (Å²) in [5.41, 5.74) is 23.2. The number of carbonyl (C=O) groups excluding carboxylic acids is 9. The van der Waals surface area contributed by atoms with Crippen LogP contribution in [0, 0.1) is 0 Å². The van der Waals surface area contributed by atoms with Crippen molar-refractivity contribution in [2.24, 2.45) is 17.2 Å². The second-order valence-corrected chi connectivity index (χ2v) is 26.7. The Labute approximate surface area is 564 Å². The van der Waals surface area contributed by atoms with Crippen LogP contribution >= 0.6 is 21.6 Å². The number of para-hydroxylation sites is 2. The van der Waals surface area contributed by atoms with Gasteiger partial charge in [-0.25, -0.2) is 0 Å². The molecule has 9 rings (SSSR count). The smallest absolute Gasteiger partial charge is 0.245 e. The first kappa shape index (κ1) is 70.8. The number of nitrogens with one attached hydrogen (secondary N) is 8. The summed E-state index contributed by atoms with van der Waals surface area (Å²) in [6, 6.07) is 36.3. The maximum absolute atomic E-state index is 15.4. The second-order valence-electron chi connectivity index (χ2n) is 24.0. The molecule has 6 aromatic carbocycles. The van der Waals surface area contributed by atoms with Crippen molar-refractivity contribution in [1.82, 2.24) is 51.7 Å². The number of nitrogens with zero attached hydrogens (tertiary/aromatic N) is 2. The van der Waals surface area contributed by atoms with Crippen molar-refractivity contribution in [1.29, 1.82) is 0 Å². The van der Waals surface area contributed by atoms with Gasteiger partial charge in [0.15, 0.2) is 0 Å². The maximum atomic E-state index is 15.4. The van der Waals surface area contributed by atoms with E-state index in [1.165, 1.54) is 38.3 Å². The van der Waals surface area contributed by atoms with E-state index in [2.05, 4.69) is 41.9 Å². The summed E-state index contributed by atoms with van der Waals surface area (Å²) in [6.45, 7) is 0.404. The number of benzene rings is 6. The number of aliphatic hydroxyl groups excluding tert-OH is 1. The van der Waals surface area contributed by atoms with Gasteiger partial charge in [0, 0.05) is 84.5 Å². The van der Waals surface area contributed by atoms with Gasteiger partial charge in [-0.1, -0.05) is 161 Å². The van der Waals surface area contributed by atoms with E-state index in [9.17, 15) is 33.9 Å². The van der Waals surface area contributed by atoms with Crippen LogP contribution in [0.1, 0.15) is 54.0 Å². The largest absolute Gasteiger partial charge is 0.391 e. The Morgan fingerprint density at radius 3 is 1.62 bits per heavy atom. The molecule has 0 spiro atoms. The molecule has 15 N–H and O–H groups in total. The molecule has 3 heterocycles. The average Bonchev–Trinajstić information content (AvgIpc) is 1.24. The van der Waals surface area contributed by atoms with E-state index in [4.69, 9.17) is 17.2 Å². The fourth-order valence-corrected chi connectivity index (χ4v) is 13.8. The summed E-state index contributed by atoms with van der Waals surface area (Å²) >= 11 is 0. The van der Waals surface area contributed by atoms with Crippen molar-refractivity contribution < 1.29 is 48.3 Å². The van der Waals surface area contributed by atoms with Gasteiger partial charge in [-0.15, -0.1) is 0 Å². The highest BCUT2D eigenvalue weighted by Crippen LogP contribution is 2.25. The number of aliphatic hydroxyl groups is 1. The van der Waals surface area contributed by atoms with Crippen LogP contribution in [0.25, 0.3) is 32.6 Å². The SMILES string of the molecule is C[C@@H](O)[C@H]1NC(=O)[C@H](CCCCN)NC(=O)[C@@H](Cc2c[nH]c3ccccc23)NC(=O)[C@H](Cc2c[nH]c3ccccc23)NC(=O)[C@H](Cc2ccccc2)NC(=O)CN(C(=O)[C@H](N)Cc2ccc3ccccc3c2)CCSSCCN(CC(N)=O)C(=O)[C@H](Cc2ccccc2)NC1=O. The number of rotatable bonds is 18. The maximum Gasteiger partial charge on any atom is 0.245 e. The molecule has 0 bridgehead atoms. The lowest BCUT2D eigenvalue weighted by molar-refractivity contribution is -0.140. The highest BCUT2D eigenvalue weighted by molar-refractivity contribution is 8.76. The zero-order valence-corrected chi connectivity index (χ0v) is 55.0. The standard InChI is InChI=1S/C71H83N13O10S2/c1-44(85)64-69(92)81-61(37-46-18-6-3-7-19-46)71(94)83(42-62(74)86)30-32-95-96-33-31-84(70(93)54(73)35-47-27-28-48-20-8-9-21-49(48)34-47)43-63(87)77-58(36-45-16-4-2-5-17-45)66(89)79-60(39-51-41-76-56-25-13-11-23-53(51)56)68(91)80-59(38-50-40-75-55-24-12-10-22-52(50)55)67(90)78-57(65(88)82-64)26-14-15-29-72/h2-13,16-25,27-28,34,40-41,44,54,57-61,64,75-76,85H,14-15,26,29-33,35-39,42-43,72-73H2,1H3,(H2,74,86)(H,77,87)(H,78,90)(H,79,89)(H,80,91)(H,81,92)(H,82,88)/t44-,54-,57+,58+,59-,60+,61+,64-/m1/s1. The molecular formula is C71H83N13O10S2. The fraction of sp³-hybridized carbons (Fsp3) is 0.338. The number of nitrogens with two attached hydrogens (primary N) is 3. The van der Waals surface area contributed by atoms with Crippen LogP contribution in [0.5, 0.6) is 0 Å². The van der Waals surface area contributed by atoms with E-state index < -0.39 is 115 Å². The van der Waals surface area contributed by atoms with E-state index in [0.717, 1.165) is 38.1 Å². The molecule has 23 nitrogen and oxygen atoms in total. The van der Waals surface area contributed by atoms with Gasteiger partial charge < -0.3 is 74.0 Å². The molecule has 8 aromatic rings. The molecule has 8 atom stereocenters. The molecule has 1 aliphatic heterocycles. The quantitative estimate of drug-likeness (QED) is 0.0432. The summed E-state index contributed by atoms with van der Waals surface area (Å²) < 4.78 is 0. The Hall–Kier alpha value is -9.53.